The zero-order valence-corrected chi connectivity index (χ0v) is 15.5. The van der Waals surface area contributed by atoms with Crippen LogP contribution in [0.2, 0.25) is 10.0 Å². The van der Waals surface area contributed by atoms with Gasteiger partial charge in [0.2, 0.25) is 0 Å². The molecule has 26 heavy (non-hydrogen) atoms. The number of amides is 2. The van der Waals surface area contributed by atoms with Crippen molar-refractivity contribution in [3.63, 3.8) is 0 Å². The normalized spacial score (nSPS) is 13.9. The predicted molar refractivity (Wildman–Crippen MR) is 104 cm³/mol. The standard InChI is InChI=1S/C18H12Cl2N2O3S/c19-13-7-11(6-12-16(23)21-18(26)22-17(12)24)8-14(20)15(13)25-9-10-4-2-1-3-5-10/h1-8H,9H2,(H2,21,22,23,24,26). The number of carbonyl (C=O) groups excluding carboxylic acids is 2. The van der Waals surface area contributed by atoms with Crippen LogP contribution in [0.3, 0.4) is 0 Å². The highest BCUT2D eigenvalue weighted by atomic mass is 35.5. The minimum absolute atomic E-state index is 0.0297. The highest BCUT2D eigenvalue weighted by Gasteiger charge is 2.25. The van der Waals surface area contributed by atoms with Crippen molar-refractivity contribution in [2.24, 2.45) is 0 Å². The molecular weight excluding hydrogens is 395 g/mol. The second kappa shape index (κ2) is 7.86. The molecule has 0 saturated carbocycles. The van der Waals surface area contributed by atoms with Gasteiger partial charge in [0.05, 0.1) is 10.0 Å². The number of hydrogen-bond donors (Lipinski definition) is 2. The number of carbonyl (C=O) groups is 2. The summed E-state index contributed by atoms with van der Waals surface area (Å²) >= 11 is 17.3. The van der Waals surface area contributed by atoms with E-state index in [4.69, 9.17) is 40.2 Å². The van der Waals surface area contributed by atoms with Crippen molar-refractivity contribution in [1.82, 2.24) is 10.6 Å². The molecule has 2 N–H and O–H groups in total. The van der Waals surface area contributed by atoms with E-state index in [1.807, 2.05) is 30.3 Å². The molecule has 1 heterocycles. The van der Waals surface area contributed by atoms with Crippen LogP contribution in [0.15, 0.2) is 48.0 Å². The Balaban J connectivity index is 1.83. The van der Waals surface area contributed by atoms with E-state index in [9.17, 15) is 9.59 Å². The molecule has 0 atom stereocenters. The average Bonchev–Trinajstić information content (AvgIpc) is 2.58. The molecule has 0 aliphatic carbocycles. The van der Waals surface area contributed by atoms with Gasteiger partial charge in [-0.3, -0.25) is 20.2 Å². The molecule has 5 nitrogen and oxygen atoms in total. The second-order valence-corrected chi connectivity index (χ2v) is 6.61. The first kappa shape index (κ1) is 18.4. The minimum Gasteiger partial charge on any atom is -0.486 e. The van der Waals surface area contributed by atoms with Crippen LogP contribution in [0.25, 0.3) is 6.08 Å². The molecule has 0 unspecified atom stereocenters. The molecular formula is C18H12Cl2N2O3S. The van der Waals surface area contributed by atoms with Crippen LogP contribution >= 0.6 is 35.4 Å². The van der Waals surface area contributed by atoms with Crippen LogP contribution in [0.4, 0.5) is 0 Å². The number of ether oxygens (including phenoxy) is 1. The molecule has 1 fully saturated rings. The summed E-state index contributed by atoms with van der Waals surface area (Å²) in [4.78, 5) is 23.8. The zero-order valence-electron chi connectivity index (χ0n) is 13.2. The summed E-state index contributed by atoms with van der Waals surface area (Å²) in [6, 6.07) is 12.7. The van der Waals surface area contributed by atoms with Crippen molar-refractivity contribution in [3.8, 4) is 5.75 Å². The quantitative estimate of drug-likeness (QED) is 0.463. The number of hydrogen-bond acceptors (Lipinski definition) is 4. The first-order valence-corrected chi connectivity index (χ1v) is 8.64. The van der Waals surface area contributed by atoms with Crippen molar-refractivity contribution >= 4 is 58.4 Å². The Bertz CT molecular complexity index is 884. The van der Waals surface area contributed by atoms with Gasteiger partial charge < -0.3 is 4.74 Å². The summed E-state index contributed by atoms with van der Waals surface area (Å²) in [7, 11) is 0. The summed E-state index contributed by atoms with van der Waals surface area (Å²) < 4.78 is 5.69. The van der Waals surface area contributed by atoms with Crippen molar-refractivity contribution in [1.29, 1.82) is 0 Å². The maximum atomic E-state index is 11.9. The van der Waals surface area contributed by atoms with E-state index in [0.717, 1.165) is 5.56 Å². The van der Waals surface area contributed by atoms with Crippen molar-refractivity contribution in [2.75, 3.05) is 0 Å². The summed E-state index contributed by atoms with van der Waals surface area (Å²) in [5.41, 5.74) is 1.36. The largest absolute Gasteiger partial charge is 0.486 e. The second-order valence-electron chi connectivity index (χ2n) is 5.38. The number of halogens is 2. The molecule has 1 aliphatic heterocycles. The smallest absolute Gasteiger partial charge is 0.263 e. The Labute approximate surface area is 164 Å². The Morgan fingerprint density at radius 3 is 2.15 bits per heavy atom. The van der Waals surface area contributed by atoms with E-state index in [-0.39, 0.29) is 20.7 Å². The summed E-state index contributed by atoms with van der Waals surface area (Å²) in [6.07, 6.45) is 1.38. The molecule has 3 rings (SSSR count). The Kier molecular flexibility index (Phi) is 5.56. The zero-order chi connectivity index (χ0) is 18.7. The van der Waals surface area contributed by atoms with Crippen LogP contribution in [0.5, 0.6) is 5.75 Å². The van der Waals surface area contributed by atoms with Crippen molar-refractivity contribution < 1.29 is 14.3 Å². The molecule has 2 aromatic rings. The summed E-state index contributed by atoms with van der Waals surface area (Å²) in [5, 5.41) is 5.23. The van der Waals surface area contributed by atoms with Gasteiger partial charge >= 0.3 is 0 Å². The van der Waals surface area contributed by atoms with E-state index in [1.54, 1.807) is 12.1 Å². The first-order chi connectivity index (χ1) is 12.4. The van der Waals surface area contributed by atoms with Gasteiger partial charge in [-0.1, -0.05) is 53.5 Å². The Morgan fingerprint density at radius 2 is 1.58 bits per heavy atom. The number of thiocarbonyl (C=S) groups is 1. The van der Waals surface area contributed by atoms with Crippen molar-refractivity contribution in [2.45, 2.75) is 6.61 Å². The van der Waals surface area contributed by atoms with Gasteiger partial charge in [0, 0.05) is 0 Å². The lowest BCUT2D eigenvalue weighted by molar-refractivity contribution is -0.123. The fourth-order valence-electron chi connectivity index (χ4n) is 2.30. The summed E-state index contributed by atoms with van der Waals surface area (Å²) in [6.45, 7) is 0.309. The third kappa shape index (κ3) is 4.22. The van der Waals surface area contributed by atoms with E-state index < -0.39 is 11.8 Å². The molecule has 0 bridgehead atoms. The van der Waals surface area contributed by atoms with Gasteiger partial charge in [0.1, 0.15) is 12.2 Å². The van der Waals surface area contributed by atoms with E-state index in [2.05, 4.69) is 10.6 Å². The number of nitrogens with one attached hydrogen (secondary N) is 2. The summed E-state index contributed by atoms with van der Waals surface area (Å²) in [5.74, 6) is -0.844. The van der Waals surface area contributed by atoms with E-state index in [0.29, 0.717) is 17.9 Å². The molecule has 0 radical (unpaired) electrons. The molecule has 0 aromatic heterocycles. The first-order valence-electron chi connectivity index (χ1n) is 7.48. The number of benzene rings is 2. The molecule has 2 amide bonds. The Morgan fingerprint density at radius 1 is 1.00 bits per heavy atom. The lowest BCUT2D eigenvalue weighted by Crippen LogP contribution is -2.51. The fraction of sp³-hybridized carbons (Fsp3) is 0.0556. The van der Waals surface area contributed by atoms with Crippen LogP contribution in [0.1, 0.15) is 11.1 Å². The van der Waals surface area contributed by atoms with Gasteiger partial charge in [-0.25, -0.2) is 0 Å². The topological polar surface area (TPSA) is 67.4 Å². The number of rotatable bonds is 4. The maximum Gasteiger partial charge on any atom is 0.263 e. The lowest BCUT2D eigenvalue weighted by atomic mass is 10.1. The molecule has 1 saturated heterocycles. The Hall–Kier alpha value is -2.41. The lowest BCUT2D eigenvalue weighted by Gasteiger charge is -2.16. The molecule has 0 spiro atoms. The fourth-order valence-corrected chi connectivity index (χ4v) is 3.10. The molecule has 2 aromatic carbocycles. The van der Waals surface area contributed by atoms with Gasteiger partial charge in [-0.15, -0.1) is 0 Å². The van der Waals surface area contributed by atoms with Gasteiger partial charge in [-0.05, 0) is 41.6 Å². The van der Waals surface area contributed by atoms with E-state index in [1.165, 1.54) is 6.08 Å². The SMILES string of the molecule is O=C1NC(=S)NC(=O)C1=Cc1cc(Cl)c(OCc2ccccc2)c(Cl)c1. The molecule has 132 valence electrons. The molecule has 1 aliphatic rings. The minimum atomic E-state index is -0.588. The highest BCUT2D eigenvalue weighted by Crippen LogP contribution is 2.35. The van der Waals surface area contributed by atoms with Crippen LogP contribution in [-0.4, -0.2) is 16.9 Å². The highest BCUT2D eigenvalue weighted by molar-refractivity contribution is 7.80. The molecule has 8 heteroatoms. The third-order valence-electron chi connectivity index (χ3n) is 3.50. The predicted octanol–water partition coefficient (Wildman–Crippen LogP) is 3.49. The monoisotopic (exact) mass is 406 g/mol. The average molecular weight is 407 g/mol. The van der Waals surface area contributed by atoms with Crippen LogP contribution < -0.4 is 15.4 Å². The van der Waals surface area contributed by atoms with Gasteiger partial charge in [0.25, 0.3) is 11.8 Å². The van der Waals surface area contributed by atoms with Crippen molar-refractivity contribution in [3.05, 3.63) is 69.2 Å². The van der Waals surface area contributed by atoms with Crippen LogP contribution in [0, 0.1) is 0 Å². The van der Waals surface area contributed by atoms with Gasteiger partial charge in [0.15, 0.2) is 10.9 Å². The maximum absolute atomic E-state index is 11.9. The van der Waals surface area contributed by atoms with Crippen LogP contribution in [-0.2, 0) is 16.2 Å². The van der Waals surface area contributed by atoms with E-state index >= 15 is 0 Å². The third-order valence-corrected chi connectivity index (χ3v) is 4.27. The van der Waals surface area contributed by atoms with Gasteiger partial charge in [-0.2, -0.15) is 0 Å².